The summed E-state index contributed by atoms with van der Waals surface area (Å²) >= 11 is 6.68. The number of benzene rings is 1. The Morgan fingerprint density at radius 1 is 1.50 bits per heavy atom. The fraction of sp³-hybridized carbons (Fsp3) is 0.364. The van der Waals surface area contributed by atoms with Gasteiger partial charge in [0, 0.05) is 21.5 Å². The molecule has 0 fully saturated rings. The van der Waals surface area contributed by atoms with Crippen LogP contribution in [-0.2, 0) is 0 Å². The number of amides is 1. The Kier molecular flexibility index (Phi) is 5.44. The van der Waals surface area contributed by atoms with Crippen molar-refractivity contribution in [3.05, 3.63) is 32.7 Å². The molecule has 0 aliphatic rings. The van der Waals surface area contributed by atoms with Crippen LogP contribution in [-0.4, -0.2) is 18.5 Å². The lowest BCUT2D eigenvalue weighted by Crippen LogP contribution is -2.36. The zero-order chi connectivity index (χ0) is 12.1. The molecular weight excluding hydrogens is 336 g/mol. The lowest BCUT2D eigenvalue weighted by Gasteiger charge is -2.11. The third kappa shape index (κ3) is 3.88. The van der Waals surface area contributed by atoms with Gasteiger partial charge in [0.05, 0.1) is 5.56 Å². The molecule has 3 N–H and O–H groups in total. The summed E-state index contributed by atoms with van der Waals surface area (Å²) < 4.78 is 1.65. The van der Waals surface area contributed by atoms with Crippen molar-refractivity contribution in [2.24, 2.45) is 5.73 Å². The number of rotatable bonds is 4. The molecule has 0 spiro atoms. The minimum Gasteiger partial charge on any atom is -0.350 e. The van der Waals surface area contributed by atoms with E-state index in [0.717, 1.165) is 15.4 Å². The van der Waals surface area contributed by atoms with E-state index in [-0.39, 0.29) is 11.9 Å². The number of hydrogen-bond acceptors (Lipinski definition) is 2. The summed E-state index contributed by atoms with van der Waals surface area (Å²) in [6.07, 6.45) is 0.847. The quantitative estimate of drug-likeness (QED) is 0.878. The van der Waals surface area contributed by atoms with Crippen molar-refractivity contribution < 1.29 is 4.79 Å². The van der Waals surface area contributed by atoms with Crippen molar-refractivity contribution in [2.45, 2.75) is 19.4 Å². The maximum absolute atomic E-state index is 11.8. The highest BCUT2D eigenvalue weighted by molar-refractivity contribution is 9.11. The second-order valence-corrected chi connectivity index (χ2v) is 5.27. The Bertz CT molecular complexity index is 382. The highest BCUT2D eigenvalue weighted by Gasteiger charge is 2.11. The van der Waals surface area contributed by atoms with Crippen LogP contribution < -0.4 is 11.1 Å². The molecule has 1 atom stereocenters. The minimum atomic E-state index is -0.114. The number of carbonyl (C=O) groups is 1. The molecular formula is C11H14Br2N2O. The normalized spacial score (nSPS) is 12.2. The van der Waals surface area contributed by atoms with E-state index in [1.807, 2.05) is 19.1 Å². The SMILES string of the molecule is CCC(N)CNC(=O)c1cc(Br)ccc1Br. The Balaban J connectivity index is 2.69. The minimum absolute atomic E-state index is 0.00915. The van der Waals surface area contributed by atoms with Gasteiger partial charge in [-0.2, -0.15) is 0 Å². The van der Waals surface area contributed by atoms with Crippen LogP contribution in [0.15, 0.2) is 27.1 Å². The molecule has 3 nitrogen and oxygen atoms in total. The molecule has 0 bridgehead atoms. The monoisotopic (exact) mass is 348 g/mol. The van der Waals surface area contributed by atoms with Crippen LogP contribution in [0.4, 0.5) is 0 Å². The number of nitrogens with two attached hydrogens (primary N) is 1. The molecule has 16 heavy (non-hydrogen) atoms. The lowest BCUT2D eigenvalue weighted by atomic mass is 10.2. The first-order chi connectivity index (χ1) is 7.54. The second kappa shape index (κ2) is 6.37. The van der Waals surface area contributed by atoms with Gasteiger partial charge in [-0.1, -0.05) is 22.9 Å². The van der Waals surface area contributed by atoms with Crippen molar-refractivity contribution in [3.8, 4) is 0 Å². The van der Waals surface area contributed by atoms with Crippen molar-refractivity contribution >= 4 is 37.8 Å². The summed E-state index contributed by atoms with van der Waals surface area (Å²) in [6, 6.07) is 5.49. The van der Waals surface area contributed by atoms with Crippen LogP contribution in [0.5, 0.6) is 0 Å². The Morgan fingerprint density at radius 3 is 2.81 bits per heavy atom. The summed E-state index contributed by atoms with van der Waals surface area (Å²) in [5, 5.41) is 2.80. The van der Waals surface area contributed by atoms with E-state index < -0.39 is 0 Å². The molecule has 5 heteroatoms. The van der Waals surface area contributed by atoms with Gasteiger partial charge in [0.1, 0.15) is 0 Å². The fourth-order valence-corrected chi connectivity index (χ4v) is 1.92. The van der Waals surface area contributed by atoms with Crippen molar-refractivity contribution in [1.82, 2.24) is 5.32 Å². The molecule has 1 rings (SSSR count). The first-order valence-corrected chi connectivity index (χ1v) is 6.62. The summed E-state index contributed by atoms with van der Waals surface area (Å²) in [5.41, 5.74) is 6.34. The van der Waals surface area contributed by atoms with E-state index >= 15 is 0 Å². The van der Waals surface area contributed by atoms with E-state index in [1.165, 1.54) is 0 Å². The van der Waals surface area contributed by atoms with E-state index in [9.17, 15) is 4.79 Å². The molecule has 0 heterocycles. The van der Waals surface area contributed by atoms with Crippen molar-refractivity contribution in [1.29, 1.82) is 0 Å². The average molecular weight is 350 g/mol. The maximum Gasteiger partial charge on any atom is 0.252 e. The first-order valence-electron chi connectivity index (χ1n) is 5.03. The summed E-state index contributed by atoms with van der Waals surface area (Å²) in [4.78, 5) is 11.8. The molecule has 1 aromatic rings. The van der Waals surface area contributed by atoms with Gasteiger partial charge in [-0.15, -0.1) is 0 Å². The van der Waals surface area contributed by atoms with Crippen LogP contribution in [0.1, 0.15) is 23.7 Å². The third-order valence-electron chi connectivity index (χ3n) is 2.22. The Labute approximate surface area is 112 Å². The van der Waals surface area contributed by atoms with Gasteiger partial charge in [-0.3, -0.25) is 4.79 Å². The molecule has 0 aliphatic heterocycles. The number of halogens is 2. The van der Waals surface area contributed by atoms with E-state index in [0.29, 0.717) is 12.1 Å². The van der Waals surface area contributed by atoms with Gasteiger partial charge in [0.15, 0.2) is 0 Å². The summed E-state index contributed by atoms with van der Waals surface area (Å²) in [6.45, 7) is 2.49. The third-order valence-corrected chi connectivity index (χ3v) is 3.41. The number of nitrogens with one attached hydrogen (secondary N) is 1. The van der Waals surface area contributed by atoms with Gasteiger partial charge in [-0.25, -0.2) is 0 Å². The van der Waals surface area contributed by atoms with E-state index in [1.54, 1.807) is 6.07 Å². The molecule has 0 aromatic heterocycles. The zero-order valence-corrected chi connectivity index (χ0v) is 12.1. The van der Waals surface area contributed by atoms with Gasteiger partial charge in [0.2, 0.25) is 0 Å². The van der Waals surface area contributed by atoms with Crippen molar-refractivity contribution in [2.75, 3.05) is 6.54 Å². The maximum atomic E-state index is 11.8. The van der Waals surface area contributed by atoms with Crippen LogP contribution in [0, 0.1) is 0 Å². The zero-order valence-electron chi connectivity index (χ0n) is 8.97. The predicted octanol–water partition coefficient (Wildman–Crippen LogP) is 2.68. The smallest absolute Gasteiger partial charge is 0.252 e. The van der Waals surface area contributed by atoms with Gasteiger partial charge >= 0.3 is 0 Å². The van der Waals surface area contributed by atoms with Gasteiger partial charge in [0.25, 0.3) is 5.91 Å². The molecule has 0 saturated carbocycles. The van der Waals surface area contributed by atoms with Crippen molar-refractivity contribution in [3.63, 3.8) is 0 Å². The highest BCUT2D eigenvalue weighted by Crippen LogP contribution is 2.21. The standard InChI is InChI=1S/C11H14Br2N2O/c1-2-8(14)6-15-11(16)9-5-7(12)3-4-10(9)13/h3-5,8H,2,6,14H2,1H3,(H,15,16). The summed E-state index contributed by atoms with van der Waals surface area (Å²) in [5.74, 6) is -0.114. The molecule has 1 unspecified atom stereocenters. The molecule has 88 valence electrons. The average Bonchev–Trinajstić information content (AvgIpc) is 2.28. The molecule has 0 aliphatic carbocycles. The van der Waals surface area contributed by atoms with Crippen LogP contribution in [0.25, 0.3) is 0 Å². The van der Waals surface area contributed by atoms with Crippen LogP contribution in [0.3, 0.4) is 0 Å². The summed E-state index contributed by atoms with van der Waals surface area (Å²) in [7, 11) is 0. The Hall–Kier alpha value is -0.390. The predicted molar refractivity (Wildman–Crippen MR) is 72.4 cm³/mol. The molecule has 1 amide bonds. The lowest BCUT2D eigenvalue weighted by molar-refractivity contribution is 0.0950. The van der Waals surface area contributed by atoms with Gasteiger partial charge in [-0.05, 0) is 40.5 Å². The first kappa shape index (κ1) is 13.7. The highest BCUT2D eigenvalue weighted by atomic mass is 79.9. The topological polar surface area (TPSA) is 55.1 Å². The molecule has 0 radical (unpaired) electrons. The molecule has 0 saturated heterocycles. The van der Waals surface area contributed by atoms with Gasteiger partial charge < -0.3 is 11.1 Å². The number of hydrogen-bond donors (Lipinski definition) is 2. The van der Waals surface area contributed by atoms with Crippen LogP contribution >= 0.6 is 31.9 Å². The largest absolute Gasteiger partial charge is 0.350 e. The van der Waals surface area contributed by atoms with E-state index in [4.69, 9.17) is 5.73 Å². The Morgan fingerprint density at radius 2 is 2.19 bits per heavy atom. The molecule has 1 aromatic carbocycles. The fourth-order valence-electron chi connectivity index (χ4n) is 1.13. The second-order valence-electron chi connectivity index (χ2n) is 3.50. The van der Waals surface area contributed by atoms with E-state index in [2.05, 4.69) is 37.2 Å². The number of carbonyl (C=O) groups excluding carboxylic acids is 1. The van der Waals surface area contributed by atoms with Crippen LogP contribution in [0.2, 0.25) is 0 Å².